The van der Waals surface area contributed by atoms with Crippen molar-refractivity contribution in [1.82, 2.24) is 0 Å². The molecule has 0 radical (unpaired) electrons. The third-order valence-electron chi connectivity index (χ3n) is 3.11. The highest BCUT2D eigenvalue weighted by atomic mass is 32.2. The van der Waals surface area contributed by atoms with Gasteiger partial charge in [0, 0.05) is 11.3 Å². The molecule has 0 amide bonds. The molecule has 2 aromatic carbocycles. The molecule has 0 fully saturated rings. The van der Waals surface area contributed by atoms with Crippen molar-refractivity contribution in [2.24, 2.45) is 0 Å². The summed E-state index contributed by atoms with van der Waals surface area (Å²) in [7, 11) is -4.29. The Labute approximate surface area is 119 Å². The van der Waals surface area contributed by atoms with Gasteiger partial charge in [-0.2, -0.15) is 8.42 Å². The summed E-state index contributed by atoms with van der Waals surface area (Å²) in [6.07, 6.45) is 1.77. The second kappa shape index (κ2) is 5.64. The number of aryl methyl sites for hydroxylation is 1. The minimum atomic E-state index is -4.29. The molecule has 3 N–H and O–H groups in total. The van der Waals surface area contributed by atoms with E-state index in [1.165, 1.54) is 12.1 Å². The minimum Gasteiger partial charge on any atom is -0.399 e. The molecule has 0 aromatic heterocycles. The summed E-state index contributed by atoms with van der Waals surface area (Å²) in [4.78, 5) is -0.116. The van der Waals surface area contributed by atoms with Gasteiger partial charge in [0.25, 0.3) is 10.1 Å². The molecule has 0 aliphatic carbocycles. The van der Waals surface area contributed by atoms with Crippen LogP contribution >= 0.6 is 0 Å². The van der Waals surface area contributed by atoms with Crippen molar-refractivity contribution in [3.05, 3.63) is 48.0 Å². The molecule has 5 heteroatoms. The molecule has 0 aliphatic rings. The van der Waals surface area contributed by atoms with Crippen LogP contribution in [0.3, 0.4) is 0 Å². The maximum atomic E-state index is 11.5. The highest BCUT2D eigenvalue weighted by Gasteiger charge is 2.18. The number of rotatable bonds is 4. The molecule has 0 aliphatic heterocycles. The van der Waals surface area contributed by atoms with Crippen LogP contribution < -0.4 is 5.73 Å². The molecular weight excluding hydrogens is 274 g/mol. The Morgan fingerprint density at radius 1 is 1.10 bits per heavy atom. The summed E-state index contributed by atoms with van der Waals surface area (Å²) >= 11 is 0. The van der Waals surface area contributed by atoms with Crippen LogP contribution in [0.1, 0.15) is 18.9 Å². The van der Waals surface area contributed by atoms with Crippen LogP contribution in [0.25, 0.3) is 11.1 Å². The van der Waals surface area contributed by atoms with Crippen LogP contribution in [-0.2, 0) is 16.5 Å². The lowest BCUT2D eigenvalue weighted by Gasteiger charge is -2.12. The van der Waals surface area contributed by atoms with Crippen LogP contribution in [0.5, 0.6) is 0 Å². The van der Waals surface area contributed by atoms with Crippen LogP contribution in [0.15, 0.2) is 47.4 Å². The summed E-state index contributed by atoms with van der Waals surface area (Å²) in [5.41, 5.74) is 8.47. The van der Waals surface area contributed by atoms with Crippen molar-refractivity contribution in [2.75, 3.05) is 5.73 Å². The number of benzene rings is 2. The summed E-state index contributed by atoms with van der Waals surface area (Å²) < 4.78 is 32.4. The Bertz CT molecular complexity index is 724. The Hall–Kier alpha value is -1.85. The molecule has 106 valence electrons. The second-order valence-electron chi connectivity index (χ2n) is 4.64. The molecule has 2 aromatic rings. The van der Waals surface area contributed by atoms with Gasteiger partial charge in [0.05, 0.1) is 0 Å². The summed E-state index contributed by atoms with van der Waals surface area (Å²) in [6.45, 7) is 2.06. The van der Waals surface area contributed by atoms with Gasteiger partial charge in [0.2, 0.25) is 0 Å². The lowest BCUT2D eigenvalue weighted by molar-refractivity contribution is 0.483. The molecule has 2 rings (SSSR count). The molecule has 0 unspecified atom stereocenters. The lowest BCUT2D eigenvalue weighted by atomic mass is 9.96. The molecule has 0 spiro atoms. The predicted molar refractivity (Wildman–Crippen MR) is 80.1 cm³/mol. The number of nitrogen functional groups attached to an aromatic ring is 1. The van der Waals surface area contributed by atoms with Crippen molar-refractivity contribution in [3.63, 3.8) is 0 Å². The lowest BCUT2D eigenvalue weighted by Crippen LogP contribution is -2.03. The van der Waals surface area contributed by atoms with Gasteiger partial charge in [-0.05, 0) is 35.7 Å². The Balaban J connectivity index is 2.72. The smallest absolute Gasteiger partial charge is 0.295 e. The number of hydrogen-bond acceptors (Lipinski definition) is 3. The fourth-order valence-corrected chi connectivity index (χ4v) is 2.94. The van der Waals surface area contributed by atoms with Gasteiger partial charge in [-0.1, -0.05) is 37.6 Å². The van der Waals surface area contributed by atoms with E-state index in [2.05, 4.69) is 6.92 Å². The third kappa shape index (κ3) is 3.00. The zero-order chi connectivity index (χ0) is 14.8. The molecular formula is C15H17NO3S. The Morgan fingerprint density at radius 3 is 2.45 bits per heavy atom. The summed E-state index contributed by atoms with van der Waals surface area (Å²) in [6, 6.07) is 11.9. The van der Waals surface area contributed by atoms with Crippen molar-refractivity contribution >= 4 is 15.8 Å². The average Bonchev–Trinajstić information content (AvgIpc) is 2.38. The fraction of sp³-hybridized carbons (Fsp3) is 0.200. The first-order valence-corrected chi connectivity index (χ1v) is 7.82. The standard InChI is InChI=1S/C15H17NO3S/c1-2-5-11-6-3-4-7-13(11)14-10-12(16)8-9-15(14)20(17,18)19/h3-4,6-10H,2,5,16H2,1H3,(H,17,18,19). The normalized spacial score (nSPS) is 11.5. The summed E-state index contributed by atoms with van der Waals surface area (Å²) in [5, 5.41) is 0. The zero-order valence-corrected chi connectivity index (χ0v) is 12.0. The van der Waals surface area contributed by atoms with E-state index in [1.54, 1.807) is 6.07 Å². The SMILES string of the molecule is CCCc1ccccc1-c1cc(N)ccc1S(=O)(=O)O. The van der Waals surface area contributed by atoms with Gasteiger partial charge in [-0.3, -0.25) is 4.55 Å². The second-order valence-corrected chi connectivity index (χ2v) is 6.03. The fourth-order valence-electron chi connectivity index (χ4n) is 2.25. The van der Waals surface area contributed by atoms with Crippen LogP contribution in [0, 0.1) is 0 Å². The van der Waals surface area contributed by atoms with E-state index in [1.807, 2.05) is 24.3 Å². The van der Waals surface area contributed by atoms with E-state index < -0.39 is 10.1 Å². The largest absolute Gasteiger partial charge is 0.399 e. The predicted octanol–water partition coefficient (Wildman–Crippen LogP) is 3.14. The van der Waals surface area contributed by atoms with Gasteiger partial charge in [-0.15, -0.1) is 0 Å². The summed E-state index contributed by atoms with van der Waals surface area (Å²) in [5.74, 6) is 0. The van der Waals surface area contributed by atoms with Gasteiger partial charge in [0.15, 0.2) is 0 Å². The molecule has 0 heterocycles. The first-order valence-electron chi connectivity index (χ1n) is 6.38. The van der Waals surface area contributed by atoms with E-state index in [4.69, 9.17) is 5.73 Å². The first kappa shape index (κ1) is 14.6. The van der Waals surface area contributed by atoms with Crippen molar-refractivity contribution < 1.29 is 13.0 Å². The van der Waals surface area contributed by atoms with Gasteiger partial charge < -0.3 is 5.73 Å². The quantitative estimate of drug-likeness (QED) is 0.670. The van der Waals surface area contributed by atoms with E-state index in [-0.39, 0.29) is 4.90 Å². The Morgan fingerprint density at radius 2 is 1.80 bits per heavy atom. The number of nitrogens with two attached hydrogens (primary N) is 1. The molecule has 0 saturated carbocycles. The van der Waals surface area contributed by atoms with E-state index >= 15 is 0 Å². The van der Waals surface area contributed by atoms with Crippen LogP contribution in [0.2, 0.25) is 0 Å². The van der Waals surface area contributed by atoms with Crippen LogP contribution in [-0.4, -0.2) is 13.0 Å². The van der Waals surface area contributed by atoms with E-state index in [9.17, 15) is 13.0 Å². The maximum Gasteiger partial charge on any atom is 0.295 e. The van der Waals surface area contributed by atoms with E-state index in [0.717, 1.165) is 24.0 Å². The van der Waals surface area contributed by atoms with E-state index in [0.29, 0.717) is 11.3 Å². The number of hydrogen-bond donors (Lipinski definition) is 2. The van der Waals surface area contributed by atoms with Gasteiger partial charge >= 0.3 is 0 Å². The average molecular weight is 291 g/mol. The molecule has 0 bridgehead atoms. The minimum absolute atomic E-state index is 0.116. The molecule has 0 atom stereocenters. The third-order valence-corrected chi connectivity index (χ3v) is 4.02. The topological polar surface area (TPSA) is 80.4 Å². The molecule has 0 saturated heterocycles. The maximum absolute atomic E-state index is 11.5. The highest BCUT2D eigenvalue weighted by Crippen LogP contribution is 2.32. The highest BCUT2D eigenvalue weighted by molar-refractivity contribution is 7.86. The van der Waals surface area contributed by atoms with Gasteiger partial charge in [0.1, 0.15) is 4.90 Å². The van der Waals surface area contributed by atoms with Crippen LogP contribution in [0.4, 0.5) is 5.69 Å². The van der Waals surface area contributed by atoms with Crippen molar-refractivity contribution in [2.45, 2.75) is 24.7 Å². The molecule has 4 nitrogen and oxygen atoms in total. The van der Waals surface area contributed by atoms with Gasteiger partial charge in [-0.25, -0.2) is 0 Å². The monoisotopic (exact) mass is 291 g/mol. The zero-order valence-electron chi connectivity index (χ0n) is 11.2. The Kier molecular flexibility index (Phi) is 4.11. The molecule has 20 heavy (non-hydrogen) atoms. The first-order chi connectivity index (χ1) is 9.43. The number of anilines is 1. The van der Waals surface area contributed by atoms with Crippen molar-refractivity contribution in [3.8, 4) is 11.1 Å². The van der Waals surface area contributed by atoms with Crippen molar-refractivity contribution in [1.29, 1.82) is 0 Å².